The Bertz CT molecular complexity index is 287. The highest BCUT2D eigenvalue weighted by molar-refractivity contribution is 5.28. The van der Waals surface area contributed by atoms with Gasteiger partial charge in [0.2, 0.25) is 0 Å². The van der Waals surface area contributed by atoms with Crippen molar-refractivity contribution < 1.29 is 4.74 Å². The molecule has 0 spiro atoms. The van der Waals surface area contributed by atoms with Crippen LogP contribution in [0.4, 0.5) is 0 Å². The molecule has 0 unspecified atom stereocenters. The first kappa shape index (κ1) is 13.1. The summed E-state index contributed by atoms with van der Waals surface area (Å²) >= 11 is 0. The maximum atomic E-state index is 5.79. The molecule has 0 amide bonds. The van der Waals surface area contributed by atoms with Gasteiger partial charge >= 0.3 is 0 Å². The molecule has 0 aliphatic rings. The molecular formula is C15H24O. The molecule has 0 atom stereocenters. The number of hydrogen-bond acceptors (Lipinski definition) is 1. The summed E-state index contributed by atoms with van der Waals surface area (Å²) in [6.45, 7) is 13.0. The van der Waals surface area contributed by atoms with Crippen molar-refractivity contribution in [1.82, 2.24) is 0 Å². The van der Waals surface area contributed by atoms with E-state index in [0.717, 1.165) is 12.2 Å². The predicted molar refractivity (Wildman–Crippen MR) is 70.0 cm³/mol. The predicted octanol–water partition coefficient (Wildman–Crippen LogP) is 4.45. The Morgan fingerprint density at radius 2 is 1.38 bits per heavy atom. The molecule has 0 aliphatic heterocycles. The van der Waals surface area contributed by atoms with Crippen molar-refractivity contribution in [2.24, 2.45) is 5.41 Å². The fourth-order valence-corrected chi connectivity index (χ4v) is 1.64. The smallest absolute Gasteiger partial charge is 0.120 e. The average Bonchev–Trinajstić information content (AvgIpc) is 2.03. The Morgan fingerprint density at radius 3 is 1.75 bits per heavy atom. The maximum Gasteiger partial charge on any atom is 0.120 e. The summed E-state index contributed by atoms with van der Waals surface area (Å²) in [6, 6.07) is 8.44. The SMILES string of the molecule is CC(C)(C)Cc1ccc(OC(C)(C)C)cc1. The van der Waals surface area contributed by atoms with Crippen LogP contribution in [-0.4, -0.2) is 5.60 Å². The summed E-state index contributed by atoms with van der Waals surface area (Å²) in [4.78, 5) is 0. The minimum Gasteiger partial charge on any atom is -0.488 e. The summed E-state index contributed by atoms with van der Waals surface area (Å²) in [5.74, 6) is 0.949. The molecule has 0 heterocycles. The number of benzene rings is 1. The quantitative estimate of drug-likeness (QED) is 0.715. The van der Waals surface area contributed by atoms with Crippen LogP contribution < -0.4 is 4.74 Å². The lowest BCUT2D eigenvalue weighted by Gasteiger charge is -2.22. The average molecular weight is 220 g/mol. The molecule has 0 fully saturated rings. The van der Waals surface area contributed by atoms with Crippen molar-refractivity contribution in [3.8, 4) is 5.75 Å². The van der Waals surface area contributed by atoms with E-state index in [9.17, 15) is 0 Å². The minimum absolute atomic E-state index is 0.120. The van der Waals surface area contributed by atoms with Gasteiger partial charge in [-0.25, -0.2) is 0 Å². The van der Waals surface area contributed by atoms with Crippen molar-refractivity contribution >= 4 is 0 Å². The van der Waals surface area contributed by atoms with Crippen LogP contribution in [0.2, 0.25) is 0 Å². The van der Waals surface area contributed by atoms with Gasteiger partial charge in [0, 0.05) is 0 Å². The molecule has 0 aromatic heterocycles. The van der Waals surface area contributed by atoms with Crippen molar-refractivity contribution in [2.75, 3.05) is 0 Å². The normalized spacial score (nSPS) is 12.6. The summed E-state index contributed by atoms with van der Waals surface area (Å²) in [5.41, 5.74) is 1.59. The molecule has 1 heteroatoms. The van der Waals surface area contributed by atoms with Crippen molar-refractivity contribution in [3.63, 3.8) is 0 Å². The van der Waals surface area contributed by atoms with E-state index in [1.165, 1.54) is 5.56 Å². The van der Waals surface area contributed by atoms with E-state index in [1.807, 2.05) is 0 Å². The maximum absolute atomic E-state index is 5.79. The monoisotopic (exact) mass is 220 g/mol. The van der Waals surface area contributed by atoms with E-state index >= 15 is 0 Å². The van der Waals surface area contributed by atoms with Crippen LogP contribution >= 0.6 is 0 Å². The van der Waals surface area contributed by atoms with E-state index < -0.39 is 0 Å². The highest BCUT2D eigenvalue weighted by Gasteiger charge is 2.13. The molecule has 0 saturated heterocycles. The molecule has 16 heavy (non-hydrogen) atoms. The zero-order valence-electron chi connectivity index (χ0n) is 11.4. The number of ether oxygens (including phenoxy) is 1. The highest BCUT2D eigenvalue weighted by Crippen LogP contribution is 2.23. The van der Waals surface area contributed by atoms with Gasteiger partial charge in [0.05, 0.1) is 0 Å². The third kappa shape index (κ3) is 5.20. The molecule has 0 aliphatic carbocycles. The second kappa shape index (κ2) is 4.48. The van der Waals surface area contributed by atoms with Gasteiger partial charge in [-0.05, 0) is 50.3 Å². The van der Waals surface area contributed by atoms with E-state index in [1.54, 1.807) is 0 Å². The fraction of sp³-hybridized carbons (Fsp3) is 0.600. The zero-order chi connectivity index (χ0) is 12.4. The van der Waals surface area contributed by atoms with Crippen LogP contribution in [0.3, 0.4) is 0 Å². The molecule has 1 aromatic rings. The van der Waals surface area contributed by atoms with Gasteiger partial charge < -0.3 is 4.74 Å². The zero-order valence-corrected chi connectivity index (χ0v) is 11.4. The van der Waals surface area contributed by atoms with Gasteiger partial charge in [-0.15, -0.1) is 0 Å². The largest absolute Gasteiger partial charge is 0.488 e. The van der Waals surface area contributed by atoms with Gasteiger partial charge in [0.1, 0.15) is 11.4 Å². The summed E-state index contributed by atoms with van der Waals surface area (Å²) < 4.78 is 5.79. The molecule has 0 saturated carbocycles. The van der Waals surface area contributed by atoms with Crippen molar-refractivity contribution in [3.05, 3.63) is 29.8 Å². The minimum atomic E-state index is -0.120. The first-order chi connectivity index (χ1) is 7.16. The highest BCUT2D eigenvalue weighted by atomic mass is 16.5. The van der Waals surface area contributed by atoms with Crippen LogP contribution in [0.15, 0.2) is 24.3 Å². The molecule has 0 N–H and O–H groups in total. The number of rotatable bonds is 2. The lowest BCUT2D eigenvalue weighted by atomic mass is 9.88. The first-order valence-electron chi connectivity index (χ1n) is 5.94. The first-order valence-corrected chi connectivity index (χ1v) is 5.94. The molecular weight excluding hydrogens is 196 g/mol. The summed E-state index contributed by atoms with van der Waals surface area (Å²) in [6.07, 6.45) is 1.10. The Labute approximate surface area is 99.8 Å². The van der Waals surface area contributed by atoms with Crippen LogP contribution in [0, 0.1) is 5.41 Å². The van der Waals surface area contributed by atoms with Gasteiger partial charge in [0.25, 0.3) is 0 Å². The second-order valence-electron chi connectivity index (χ2n) is 6.60. The van der Waals surface area contributed by atoms with Crippen LogP contribution in [0.1, 0.15) is 47.1 Å². The summed E-state index contributed by atoms with van der Waals surface area (Å²) in [5, 5.41) is 0. The standard InChI is InChI=1S/C15H24O/c1-14(2,3)11-12-7-9-13(10-8-12)16-15(4,5)6/h7-10H,11H2,1-6H3. The Kier molecular flexibility index (Phi) is 3.67. The Hall–Kier alpha value is -0.980. The van der Waals surface area contributed by atoms with Gasteiger partial charge in [-0.2, -0.15) is 0 Å². The van der Waals surface area contributed by atoms with Gasteiger partial charge in [-0.1, -0.05) is 32.9 Å². The van der Waals surface area contributed by atoms with E-state index in [4.69, 9.17) is 4.74 Å². The second-order valence-corrected chi connectivity index (χ2v) is 6.60. The molecule has 0 bridgehead atoms. The summed E-state index contributed by atoms with van der Waals surface area (Å²) in [7, 11) is 0. The third-order valence-electron chi connectivity index (χ3n) is 2.08. The van der Waals surface area contributed by atoms with Crippen LogP contribution in [-0.2, 0) is 6.42 Å². The lowest BCUT2D eigenvalue weighted by Crippen LogP contribution is -2.22. The Balaban J connectivity index is 2.69. The lowest BCUT2D eigenvalue weighted by molar-refractivity contribution is 0.131. The van der Waals surface area contributed by atoms with Crippen molar-refractivity contribution in [2.45, 2.75) is 53.6 Å². The fourth-order valence-electron chi connectivity index (χ4n) is 1.64. The molecule has 1 aromatic carbocycles. The van der Waals surface area contributed by atoms with Gasteiger partial charge in [-0.3, -0.25) is 0 Å². The van der Waals surface area contributed by atoms with Crippen LogP contribution in [0.25, 0.3) is 0 Å². The van der Waals surface area contributed by atoms with Crippen LogP contribution in [0.5, 0.6) is 5.75 Å². The van der Waals surface area contributed by atoms with Crippen molar-refractivity contribution in [1.29, 1.82) is 0 Å². The van der Waals surface area contributed by atoms with E-state index in [2.05, 4.69) is 65.8 Å². The topological polar surface area (TPSA) is 9.23 Å². The van der Waals surface area contributed by atoms with E-state index in [-0.39, 0.29) is 5.60 Å². The van der Waals surface area contributed by atoms with E-state index in [0.29, 0.717) is 5.41 Å². The Morgan fingerprint density at radius 1 is 0.875 bits per heavy atom. The van der Waals surface area contributed by atoms with Gasteiger partial charge in [0.15, 0.2) is 0 Å². The molecule has 1 rings (SSSR count). The molecule has 0 radical (unpaired) electrons. The molecule has 90 valence electrons. The third-order valence-corrected chi connectivity index (χ3v) is 2.08. The number of hydrogen-bond donors (Lipinski definition) is 0. The molecule has 1 nitrogen and oxygen atoms in total.